The monoisotopic (exact) mass is 340 g/mol. The molecule has 0 amide bonds. The third kappa shape index (κ3) is 3.81. The van der Waals surface area contributed by atoms with Crippen LogP contribution in [0, 0.1) is 5.82 Å². The molecule has 0 radical (unpaired) electrons. The second-order valence-electron chi connectivity index (χ2n) is 3.85. The van der Waals surface area contributed by atoms with E-state index in [9.17, 15) is 9.18 Å². The molecule has 0 saturated carbocycles. The first-order chi connectivity index (χ1) is 9.06. The number of carbonyl (C=O) groups is 1. The lowest BCUT2D eigenvalue weighted by Gasteiger charge is -2.05. The van der Waals surface area contributed by atoms with Crippen molar-refractivity contribution in [2.24, 2.45) is 0 Å². The standard InChI is InChI=1S/C14H10BrFO2S/c15-11-2-4-12(5-3-11)19-8-10-7-9(14(17)18)1-6-13(10)16/h1-7H,8H2,(H,17,18). The van der Waals surface area contributed by atoms with E-state index in [1.54, 1.807) is 0 Å². The van der Waals surface area contributed by atoms with Crippen molar-refractivity contribution in [1.82, 2.24) is 0 Å². The van der Waals surface area contributed by atoms with Gasteiger partial charge >= 0.3 is 5.97 Å². The van der Waals surface area contributed by atoms with E-state index in [2.05, 4.69) is 15.9 Å². The quantitative estimate of drug-likeness (QED) is 0.827. The molecular formula is C14H10BrFO2S. The number of benzene rings is 2. The topological polar surface area (TPSA) is 37.3 Å². The van der Waals surface area contributed by atoms with E-state index in [0.29, 0.717) is 11.3 Å². The highest BCUT2D eigenvalue weighted by atomic mass is 79.9. The second kappa shape index (κ2) is 6.21. The highest BCUT2D eigenvalue weighted by molar-refractivity contribution is 9.10. The fourth-order valence-corrected chi connectivity index (χ4v) is 2.65. The molecule has 0 saturated heterocycles. The van der Waals surface area contributed by atoms with E-state index in [0.717, 1.165) is 9.37 Å². The van der Waals surface area contributed by atoms with E-state index >= 15 is 0 Å². The maximum Gasteiger partial charge on any atom is 0.335 e. The van der Waals surface area contributed by atoms with Crippen molar-refractivity contribution in [1.29, 1.82) is 0 Å². The molecule has 2 rings (SSSR count). The lowest BCUT2D eigenvalue weighted by atomic mass is 10.1. The smallest absolute Gasteiger partial charge is 0.335 e. The molecule has 0 aromatic heterocycles. The number of rotatable bonds is 4. The molecule has 19 heavy (non-hydrogen) atoms. The zero-order chi connectivity index (χ0) is 13.8. The van der Waals surface area contributed by atoms with Crippen LogP contribution in [0.25, 0.3) is 0 Å². The molecule has 98 valence electrons. The molecule has 0 atom stereocenters. The van der Waals surface area contributed by atoms with Crippen molar-refractivity contribution in [3.05, 3.63) is 63.9 Å². The van der Waals surface area contributed by atoms with Crippen molar-refractivity contribution in [2.45, 2.75) is 10.6 Å². The minimum Gasteiger partial charge on any atom is -0.478 e. The van der Waals surface area contributed by atoms with Crippen molar-refractivity contribution < 1.29 is 14.3 Å². The van der Waals surface area contributed by atoms with Gasteiger partial charge in [-0.05, 0) is 48.0 Å². The van der Waals surface area contributed by atoms with E-state index in [1.165, 1.54) is 30.0 Å². The number of halogens is 2. The maximum absolute atomic E-state index is 13.6. The Bertz CT molecular complexity index is 599. The molecule has 2 nitrogen and oxygen atoms in total. The molecule has 5 heteroatoms. The van der Waals surface area contributed by atoms with Crippen LogP contribution in [0.3, 0.4) is 0 Å². The normalized spacial score (nSPS) is 10.4. The summed E-state index contributed by atoms with van der Waals surface area (Å²) >= 11 is 4.81. The summed E-state index contributed by atoms with van der Waals surface area (Å²) in [6, 6.07) is 11.5. The minimum absolute atomic E-state index is 0.104. The molecule has 0 aliphatic carbocycles. The third-order valence-electron chi connectivity index (χ3n) is 2.50. The summed E-state index contributed by atoms with van der Waals surface area (Å²) in [6.45, 7) is 0. The molecule has 0 aliphatic heterocycles. The second-order valence-corrected chi connectivity index (χ2v) is 5.82. The summed E-state index contributed by atoms with van der Waals surface area (Å²) < 4.78 is 14.6. The average molecular weight is 341 g/mol. The van der Waals surface area contributed by atoms with Gasteiger partial charge in [-0.25, -0.2) is 9.18 Å². The number of hydrogen-bond donors (Lipinski definition) is 1. The molecule has 0 aliphatic rings. The van der Waals surface area contributed by atoms with Crippen molar-refractivity contribution in [3.63, 3.8) is 0 Å². The molecule has 1 N–H and O–H groups in total. The Morgan fingerprint density at radius 1 is 1.21 bits per heavy atom. The van der Waals surface area contributed by atoms with Crippen LogP contribution in [-0.2, 0) is 5.75 Å². The fraction of sp³-hybridized carbons (Fsp3) is 0.0714. The van der Waals surface area contributed by atoms with Gasteiger partial charge in [0.1, 0.15) is 5.82 Å². The molecule has 0 heterocycles. The van der Waals surface area contributed by atoms with Gasteiger partial charge < -0.3 is 5.11 Å². The Hall–Kier alpha value is -1.33. The summed E-state index contributed by atoms with van der Waals surface area (Å²) in [5.74, 6) is -1.03. The molecule has 0 fully saturated rings. The zero-order valence-corrected chi connectivity index (χ0v) is 12.2. The third-order valence-corrected chi connectivity index (χ3v) is 4.09. The first kappa shape index (κ1) is 14.1. The summed E-state index contributed by atoms with van der Waals surface area (Å²) in [7, 11) is 0. The van der Waals surface area contributed by atoms with Gasteiger partial charge in [0, 0.05) is 15.1 Å². The average Bonchev–Trinajstić information content (AvgIpc) is 2.39. The number of carboxylic acid groups (broad SMARTS) is 1. The maximum atomic E-state index is 13.6. The lowest BCUT2D eigenvalue weighted by Crippen LogP contribution is -1.99. The van der Waals surface area contributed by atoms with Gasteiger partial charge in [-0.1, -0.05) is 15.9 Å². The van der Waals surface area contributed by atoms with E-state index in [1.807, 2.05) is 24.3 Å². The van der Waals surface area contributed by atoms with E-state index in [4.69, 9.17) is 5.11 Å². The van der Waals surface area contributed by atoms with Gasteiger partial charge in [-0.15, -0.1) is 11.8 Å². The Morgan fingerprint density at radius 3 is 2.53 bits per heavy atom. The molecule has 0 spiro atoms. The van der Waals surface area contributed by atoms with Gasteiger partial charge in [-0.2, -0.15) is 0 Å². The Kier molecular flexibility index (Phi) is 4.61. The minimum atomic E-state index is -1.05. The molecule has 2 aromatic carbocycles. The van der Waals surface area contributed by atoms with Gasteiger partial charge in [-0.3, -0.25) is 0 Å². The molecule has 0 bridgehead atoms. The first-order valence-electron chi connectivity index (χ1n) is 5.46. The Morgan fingerprint density at radius 2 is 1.89 bits per heavy atom. The first-order valence-corrected chi connectivity index (χ1v) is 7.24. The highest BCUT2D eigenvalue weighted by Gasteiger charge is 2.08. The van der Waals surface area contributed by atoms with Gasteiger partial charge in [0.05, 0.1) is 5.56 Å². The van der Waals surface area contributed by atoms with Crippen LogP contribution in [0.5, 0.6) is 0 Å². The van der Waals surface area contributed by atoms with Crippen LogP contribution >= 0.6 is 27.7 Å². The largest absolute Gasteiger partial charge is 0.478 e. The summed E-state index contributed by atoms with van der Waals surface area (Å²) in [5, 5.41) is 8.88. The van der Waals surface area contributed by atoms with E-state index < -0.39 is 5.97 Å². The number of thioether (sulfide) groups is 1. The van der Waals surface area contributed by atoms with Crippen LogP contribution < -0.4 is 0 Å². The highest BCUT2D eigenvalue weighted by Crippen LogP contribution is 2.26. The van der Waals surface area contributed by atoms with Crippen LogP contribution in [0.4, 0.5) is 4.39 Å². The van der Waals surface area contributed by atoms with Crippen LogP contribution in [-0.4, -0.2) is 11.1 Å². The SMILES string of the molecule is O=C(O)c1ccc(F)c(CSc2ccc(Br)cc2)c1. The van der Waals surface area contributed by atoms with Crippen molar-refractivity contribution >= 4 is 33.7 Å². The Labute approximate surface area is 122 Å². The van der Waals surface area contributed by atoms with Crippen LogP contribution in [0.15, 0.2) is 51.8 Å². The van der Waals surface area contributed by atoms with Crippen molar-refractivity contribution in [2.75, 3.05) is 0 Å². The van der Waals surface area contributed by atoms with Gasteiger partial charge in [0.15, 0.2) is 0 Å². The number of aromatic carboxylic acids is 1. The predicted octanol–water partition coefficient (Wildman–Crippen LogP) is 4.58. The van der Waals surface area contributed by atoms with E-state index in [-0.39, 0.29) is 11.4 Å². The Balaban J connectivity index is 2.12. The summed E-state index contributed by atoms with van der Waals surface area (Å²) in [6.07, 6.45) is 0. The molecule has 2 aromatic rings. The predicted molar refractivity (Wildman–Crippen MR) is 77.1 cm³/mol. The van der Waals surface area contributed by atoms with Gasteiger partial charge in [0.25, 0.3) is 0 Å². The number of hydrogen-bond acceptors (Lipinski definition) is 2. The summed E-state index contributed by atoms with van der Waals surface area (Å²) in [4.78, 5) is 11.8. The zero-order valence-electron chi connectivity index (χ0n) is 9.77. The number of carboxylic acids is 1. The fourth-order valence-electron chi connectivity index (χ4n) is 1.51. The lowest BCUT2D eigenvalue weighted by molar-refractivity contribution is 0.0696. The van der Waals surface area contributed by atoms with Crippen LogP contribution in [0.2, 0.25) is 0 Å². The van der Waals surface area contributed by atoms with Crippen LogP contribution in [0.1, 0.15) is 15.9 Å². The molecule has 0 unspecified atom stereocenters. The molecular weight excluding hydrogens is 331 g/mol. The van der Waals surface area contributed by atoms with Crippen molar-refractivity contribution in [3.8, 4) is 0 Å². The van der Waals surface area contributed by atoms with Gasteiger partial charge in [0.2, 0.25) is 0 Å². The summed E-state index contributed by atoms with van der Waals surface area (Å²) in [5.41, 5.74) is 0.501.